The van der Waals surface area contributed by atoms with Crippen molar-refractivity contribution in [1.82, 2.24) is 4.57 Å². The summed E-state index contributed by atoms with van der Waals surface area (Å²) in [4.78, 5) is 11.7. The van der Waals surface area contributed by atoms with Gasteiger partial charge in [0.25, 0.3) is 5.56 Å². The Balaban J connectivity index is 2.52. The smallest absolute Gasteiger partial charge is 0.251 e. The van der Waals surface area contributed by atoms with Gasteiger partial charge < -0.3 is 9.30 Å². The highest BCUT2D eigenvalue weighted by molar-refractivity contribution is 5.21. The molecule has 76 valence electrons. The third-order valence-corrected chi connectivity index (χ3v) is 2.61. The van der Waals surface area contributed by atoms with Crippen LogP contribution >= 0.6 is 0 Å². The topological polar surface area (TPSA) is 31.2 Å². The van der Waals surface area contributed by atoms with Crippen molar-refractivity contribution >= 4 is 0 Å². The minimum Gasteiger partial charge on any atom is -0.373 e. The van der Waals surface area contributed by atoms with Gasteiger partial charge in [-0.3, -0.25) is 4.79 Å². The second-order valence-corrected chi connectivity index (χ2v) is 3.98. The second-order valence-electron chi connectivity index (χ2n) is 3.98. The Kier molecular flexibility index (Phi) is 2.42. The first kappa shape index (κ1) is 9.46. The first-order valence-electron chi connectivity index (χ1n) is 5.00. The number of nitrogens with zero attached hydrogens (tertiary/aromatic N) is 1. The van der Waals surface area contributed by atoms with E-state index in [1.54, 1.807) is 10.6 Å². The highest BCUT2D eigenvalue weighted by Gasteiger charge is 2.12. The van der Waals surface area contributed by atoms with Crippen molar-refractivity contribution in [3.63, 3.8) is 0 Å². The van der Waals surface area contributed by atoms with E-state index in [9.17, 15) is 4.79 Å². The van der Waals surface area contributed by atoms with Crippen molar-refractivity contribution in [2.75, 3.05) is 6.61 Å². The van der Waals surface area contributed by atoms with E-state index in [-0.39, 0.29) is 5.56 Å². The molecule has 0 amide bonds. The lowest BCUT2D eigenvalue weighted by molar-refractivity contribution is 0.0823. The molecule has 0 bridgehead atoms. The fraction of sp³-hybridized carbons (Fsp3) is 0.545. The zero-order chi connectivity index (χ0) is 10.1. The lowest BCUT2D eigenvalue weighted by atomic mass is 10.0. The van der Waals surface area contributed by atoms with Crippen molar-refractivity contribution in [2.24, 2.45) is 0 Å². The summed E-state index contributed by atoms with van der Waals surface area (Å²) in [6, 6.07) is 3.81. The van der Waals surface area contributed by atoms with Gasteiger partial charge in [0.2, 0.25) is 0 Å². The summed E-state index contributed by atoms with van der Waals surface area (Å²) in [5, 5.41) is 0. The number of ether oxygens (including phenoxy) is 1. The van der Waals surface area contributed by atoms with Crippen LogP contribution < -0.4 is 5.56 Å². The van der Waals surface area contributed by atoms with Crippen LogP contribution in [0.2, 0.25) is 0 Å². The van der Waals surface area contributed by atoms with E-state index in [2.05, 4.69) is 19.9 Å². The monoisotopic (exact) mass is 193 g/mol. The molecule has 2 rings (SSSR count). The van der Waals surface area contributed by atoms with Crippen LogP contribution in [0, 0.1) is 0 Å². The molecule has 0 unspecified atom stereocenters. The largest absolute Gasteiger partial charge is 0.373 e. The van der Waals surface area contributed by atoms with E-state index in [0.29, 0.717) is 25.7 Å². The van der Waals surface area contributed by atoms with Gasteiger partial charge in [0.1, 0.15) is 0 Å². The molecule has 0 radical (unpaired) electrons. The molecule has 0 aromatic carbocycles. The molecule has 1 aromatic heterocycles. The highest BCUT2D eigenvalue weighted by Crippen LogP contribution is 2.15. The van der Waals surface area contributed by atoms with Crippen LogP contribution in [-0.4, -0.2) is 11.2 Å². The zero-order valence-electron chi connectivity index (χ0n) is 8.62. The van der Waals surface area contributed by atoms with Crippen LogP contribution in [-0.2, 0) is 17.9 Å². The SMILES string of the molecule is CC(C)c1cc2n(c(=O)c1)CCOC2. The summed E-state index contributed by atoms with van der Waals surface area (Å²) in [6.45, 7) is 6.08. The maximum Gasteiger partial charge on any atom is 0.251 e. The van der Waals surface area contributed by atoms with Crippen molar-refractivity contribution in [2.45, 2.75) is 32.9 Å². The highest BCUT2D eigenvalue weighted by atomic mass is 16.5. The number of pyridine rings is 1. The maximum absolute atomic E-state index is 11.7. The normalized spacial score (nSPS) is 15.6. The molecular weight excluding hydrogens is 178 g/mol. The van der Waals surface area contributed by atoms with E-state index in [1.807, 2.05) is 0 Å². The molecule has 0 spiro atoms. The van der Waals surface area contributed by atoms with Crippen molar-refractivity contribution < 1.29 is 4.74 Å². The van der Waals surface area contributed by atoms with Crippen LogP contribution in [0.15, 0.2) is 16.9 Å². The number of hydrogen-bond donors (Lipinski definition) is 0. The summed E-state index contributed by atoms with van der Waals surface area (Å²) in [7, 11) is 0. The molecule has 0 atom stereocenters. The van der Waals surface area contributed by atoms with Gasteiger partial charge in [-0.25, -0.2) is 0 Å². The zero-order valence-corrected chi connectivity index (χ0v) is 8.62. The summed E-state index contributed by atoms with van der Waals surface area (Å²) in [5.41, 5.74) is 2.22. The lowest BCUT2D eigenvalue weighted by Gasteiger charge is -2.20. The fourth-order valence-corrected chi connectivity index (χ4v) is 1.71. The molecule has 2 heterocycles. The van der Waals surface area contributed by atoms with Crippen LogP contribution in [0.1, 0.15) is 31.0 Å². The Morgan fingerprint density at radius 2 is 2.21 bits per heavy atom. The Morgan fingerprint density at radius 3 is 2.93 bits per heavy atom. The Hall–Kier alpha value is -1.09. The lowest BCUT2D eigenvalue weighted by Crippen LogP contribution is -2.29. The predicted molar refractivity (Wildman–Crippen MR) is 54.4 cm³/mol. The summed E-state index contributed by atoms with van der Waals surface area (Å²) >= 11 is 0. The molecule has 3 heteroatoms. The first-order chi connectivity index (χ1) is 6.68. The Bertz CT molecular complexity index is 393. The molecular formula is C11H15NO2. The van der Waals surface area contributed by atoms with Crippen molar-refractivity contribution in [3.05, 3.63) is 33.7 Å². The fourth-order valence-electron chi connectivity index (χ4n) is 1.71. The molecule has 0 saturated heterocycles. The Morgan fingerprint density at radius 1 is 1.43 bits per heavy atom. The third kappa shape index (κ3) is 1.60. The summed E-state index contributed by atoms with van der Waals surface area (Å²) in [6.07, 6.45) is 0. The van der Waals surface area contributed by atoms with E-state index in [0.717, 1.165) is 11.3 Å². The summed E-state index contributed by atoms with van der Waals surface area (Å²) < 4.78 is 7.13. The van der Waals surface area contributed by atoms with Crippen molar-refractivity contribution in [1.29, 1.82) is 0 Å². The number of fused-ring (bicyclic) bond motifs is 1. The van der Waals surface area contributed by atoms with E-state index >= 15 is 0 Å². The van der Waals surface area contributed by atoms with Gasteiger partial charge in [-0.15, -0.1) is 0 Å². The average molecular weight is 193 g/mol. The van der Waals surface area contributed by atoms with E-state index in [4.69, 9.17) is 4.74 Å². The average Bonchev–Trinajstić information content (AvgIpc) is 2.17. The van der Waals surface area contributed by atoms with E-state index in [1.165, 1.54) is 0 Å². The standard InChI is InChI=1S/C11H15NO2/c1-8(2)9-5-10-7-14-4-3-12(10)11(13)6-9/h5-6,8H,3-4,7H2,1-2H3. The minimum absolute atomic E-state index is 0.106. The number of aromatic nitrogens is 1. The van der Waals surface area contributed by atoms with Gasteiger partial charge in [0.15, 0.2) is 0 Å². The number of rotatable bonds is 1. The van der Waals surface area contributed by atoms with Gasteiger partial charge in [-0.2, -0.15) is 0 Å². The molecule has 1 aromatic rings. The summed E-state index contributed by atoms with van der Waals surface area (Å²) in [5.74, 6) is 0.399. The van der Waals surface area contributed by atoms with Gasteiger partial charge in [-0.05, 0) is 17.5 Å². The second kappa shape index (κ2) is 3.58. The van der Waals surface area contributed by atoms with Crippen LogP contribution in [0.5, 0.6) is 0 Å². The predicted octanol–water partition coefficient (Wildman–Crippen LogP) is 1.50. The maximum atomic E-state index is 11.7. The van der Waals surface area contributed by atoms with Crippen molar-refractivity contribution in [3.8, 4) is 0 Å². The molecule has 0 fully saturated rings. The van der Waals surface area contributed by atoms with Gasteiger partial charge in [0.05, 0.1) is 13.2 Å². The molecule has 3 nitrogen and oxygen atoms in total. The molecule has 1 aliphatic rings. The minimum atomic E-state index is 0.106. The molecule has 1 aliphatic heterocycles. The quantitative estimate of drug-likeness (QED) is 0.676. The van der Waals surface area contributed by atoms with Crippen LogP contribution in [0.3, 0.4) is 0 Å². The first-order valence-corrected chi connectivity index (χ1v) is 5.00. The number of hydrogen-bond acceptors (Lipinski definition) is 2. The van der Waals surface area contributed by atoms with E-state index < -0.39 is 0 Å². The molecule has 14 heavy (non-hydrogen) atoms. The van der Waals surface area contributed by atoms with Crippen LogP contribution in [0.25, 0.3) is 0 Å². The third-order valence-electron chi connectivity index (χ3n) is 2.61. The van der Waals surface area contributed by atoms with Gasteiger partial charge in [0, 0.05) is 18.3 Å². The molecule has 0 saturated carbocycles. The van der Waals surface area contributed by atoms with Gasteiger partial charge in [-0.1, -0.05) is 13.8 Å². The molecule has 0 aliphatic carbocycles. The molecule has 0 N–H and O–H groups in total. The van der Waals surface area contributed by atoms with Gasteiger partial charge >= 0.3 is 0 Å². The Labute approximate surface area is 83.3 Å². The van der Waals surface area contributed by atoms with Crippen LogP contribution in [0.4, 0.5) is 0 Å².